The van der Waals surface area contributed by atoms with E-state index in [1.807, 2.05) is 0 Å². The van der Waals surface area contributed by atoms with Gasteiger partial charge in [0.15, 0.2) is 0 Å². The van der Waals surface area contributed by atoms with E-state index >= 15 is 0 Å². The van der Waals surface area contributed by atoms with E-state index < -0.39 is 0 Å². The Morgan fingerprint density at radius 1 is 1.00 bits per heavy atom. The van der Waals surface area contributed by atoms with Gasteiger partial charge >= 0.3 is 0 Å². The molecule has 3 nitrogen and oxygen atoms in total. The maximum atomic E-state index is 3.48. The number of aryl methyl sites for hydroxylation is 1. The average molecular weight is 249 g/mol. The molecule has 0 radical (unpaired) electrons. The first-order valence-corrected chi connectivity index (χ1v) is 6.80. The molecule has 0 heterocycles. The maximum Gasteiger partial charge on any atom is 0.0366 e. The third-order valence-electron chi connectivity index (χ3n) is 3.08. The minimum absolute atomic E-state index is 1.04. The number of hydrogen-bond donors (Lipinski definition) is 1. The highest BCUT2D eigenvalue weighted by Crippen LogP contribution is 2.13. The monoisotopic (exact) mass is 249 g/mol. The van der Waals surface area contributed by atoms with E-state index in [2.05, 4.69) is 67.3 Å². The molecule has 0 fully saturated rings. The molecule has 1 aromatic rings. The predicted octanol–water partition coefficient (Wildman–Crippen LogP) is 1.97. The number of nitrogens with zero attached hydrogens (tertiary/aromatic N) is 2. The van der Waals surface area contributed by atoms with Crippen LogP contribution in [0.4, 0.5) is 5.69 Å². The van der Waals surface area contributed by atoms with Crippen molar-refractivity contribution in [3.63, 3.8) is 0 Å². The third-order valence-corrected chi connectivity index (χ3v) is 3.08. The summed E-state index contributed by atoms with van der Waals surface area (Å²) in [5.74, 6) is 0. The second kappa shape index (κ2) is 8.11. The lowest BCUT2D eigenvalue weighted by Gasteiger charge is -2.23. The standard InChI is InChI=1S/C15H27N3/c1-5-18(13-11-16-10-12-17(3)4)15-8-6-14(2)7-9-15/h6-9,16H,5,10-13H2,1-4H3. The van der Waals surface area contributed by atoms with Crippen LogP contribution in [0.2, 0.25) is 0 Å². The van der Waals surface area contributed by atoms with Gasteiger partial charge in [0.1, 0.15) is 0 Å². The third kappa shape index (κ3) is 5.52. The smallest absolute Gasteiger partial charge is 0.0366 e. The van der Waals surface area contributed by atoms with Gasteiger partial charge in [-0.15, -0.1) is 0 Å². The molecular weight excluding hydrogens is 222 g/mol. The number of hydrogen-bond acceptors (Lipinski definition) is 3. The summed E-state index contributed by atoms with van der Waals surface area (Å²) in [5.41, 5.74) is 2.64. The summed E-state index contributed by atoms with van der Waals surface area (Å²) in [7, 11) is 4.21. The molecule has 0 saturated heterocycles. The summed E-state index contributed by atoms with van der Waals surface area (Å²) in [6.45, 7) is 9.64. The van der Waals surface area contributed by atoms with Crippen LogP contribution in [-0.4, -0.2) is 51.7 Å². The van der Waals surface area contributed by atoms with Gasteiger partial charge in [-0.1, -0.05) is 17.7 Å². The molecule has 0 aliphatic heterocycles. The molecule has 102 valence electrons. The van der Waals surface area contributed by atoms with Gasteiger partial charge in [0.05, 0.1) is 0 Å². The minimum Gasteiger partial charge on any atom is -0.371 e. The molecule has 1 N–H and O–H groups in total. The van der Waals surface area contributed by atoms with Crippen LogP contribution in [0, 0.1) is 6.92 Å². The van der Waals surface area contributed by atoms with Crippen molar-refractivity contribution in [3.05, 3.63) is 29.8 Å². The van der Waals surface area contributed by atoms with E-state index in [-0.39, 0.29) is 0 Å². The first-order chi connectivity index (χ1) is 8.63. The highest BCUT2D eigenvalue weighted by molar-refractivity contribution is 5.47. The fourth-order valence-corrected chi connectivity index (χ4v) is 1.87. The van der Waals surface area contributed by atoms with E-state index in [9.17, 15) is 0 Å². The van der Waals surface area contributed by atoms with Crippen LogP contribution in [0.15, 0.2) is 24.3 Å². The van der Waals surface area contributed by atoms with Gasteiger partial charge in [-0.05, 0) is 40.1 Å². The van der Waals surface area contributed by atoms with E-state index in [0.717, 1.165) is 32.7 Å². The molecule has 0 aliphatic rings. The van der Waals surface area contributed by atoms with E-state index in [4.69, 9.17) is 0 Å². The van der Waals surface area contributed by atoms with E-state index in [1.54, 1.807) is 0 Å². The molecule has 0 aliphatic carbocycles. The van der Waals surface area contributed by atoms with Gasteiger partial charge in [0.25, 0.3) is 0 Å². The Kier molecular flexibility index (Phi) is 6.76. The first kappa shape index (κ1) is 15.0. The van der Waals surface area contributed by atoms with Crippen molar-refractivity contribution in [2.24, 2.45) is 0 Å². The molecule has 0 spiro atoms. The molecule has 18 heavy (non-hydrogen) atoms. The van der Waals surface area contributed by atoms with Crippen molar-refractivity contribution in [1.82, 2.24) is 10.2 Å². The second-order valence-electron chi connectivity index (χ2n) is 4.97. The highest BCUT2D eigenvalue weighted by Gasteiger charge is 2.02. The average Bonchev–Trinajstić information content (AvgIpc) is 2.35. The molecule has 0 atom stereocenters. The molecule has 1 aromatic carbocycles. The Bertz CT molecular complexity index is 319. The SMILES string of the molecule is CCN(CCNCCN(C)C)c1ccc(C)cc1. The van der Waals surface area contributed by atoms with Gasteiger partial charge in [-0.3, -0.25) is 0 Å². The summed E-state index contributed by atoms with van der Waals surface area (Å²) < 4.78 is 0. The Hall–Kier alpha value is -1.06. The first-order valence-electron chi connectivity index (χ1n) is 6.80. The molecule has 0 saturated carbocycles. The van der Waals surface area contributed by atoms with Crippen molar-refractivity contribution in [2.75, 3.05) is 51.7 Å². The molecular formula is C15H27N3. The van der Waals surface area contributed by atoms with Gasteiger partial charge in [-0.2, -0.15) is 0 Å². The zero-order valence-electron chi connectivity index (χ0n) is 12.2. The minimum atomic E-state index is 1.04. The number of likely N-dealkylation sites (N-methyl/N-ethyl adjacent to an activating group) is 2. The molecule has 0 aromatic heterocycles. The second-order valence-corrected chi connectivity index (χ2v) is 4.97. The summed E-state index contributed by atoms with van der Waals surface area (Å²) in [4.78, 5) is 4.60. The zero-order chi connectivity index (χ0) is 13.4. The molecule has 0 unspecified atom stereocenters. The predicted molar refractivity (Wildman–Crippen MR) is 80.5 cm³/mol. The summed E-state index contributed by atoms with van der Waals surface area (Å²) in [6.07, 6.45) is 0. The van der Waals surface area contributed by atoms with Crippen LogP contribution in [0.3, 0.4) is 0 Å². The number of benzene rings is 1. The molecule has 0 bridgehead atoms. The quantitative estimate of drug-likeness (QED) is 0.711. The van der Waals surface area contributed by atoms with Gasteiger partial charge in [0, 0.05) is 38.4 Å². The summed E-state index contributed by atoms with van der Waals surface area (Å²) in [6, 6.07) is 8.77. The number of nitrogens with one attached hydrogen (secondary N) is 1. The van der Waals surface area contributed by atoms with Crippen molar-refractivity contribution in [1.29, 1.82) is 0 Å². The maximum absolute atomic E-state index is 3.48. The van der Waals surface area contributed by atoms with Crippen LogP contribution in [-0.2, 0) is 0 Å². The Balaban J connectivity index is 2.31. The molecule has 0 amide bonds. The van der Waals surface area contributed by atoms with Crippen molar-refractivity contribution < 1.29 is 0 Å². The Morgan fingerprint density at radius 2 is 1.61 bits per heavy atom. The van der Waals surface area contributed by atoms with Crippen LogP contribution < -0.4 is 10.2 Å². The van der Waals surface area contributed by atoms with Gasteiger partial charge in [-0.25, -0.2) is 0 Å². The lowest BCUT2D eigenvalue weighted by Crippen LogP contribution is -2.34. The normalized spacial score (nSPS) is 10.9. The van der Waals surface area contributed by atoms with Crippen LogP contribution in [0.1, 0.15) is 12.5 Å². The van der Waals surface area contributed by atoms with Crippen molar-refractivity contribution in [3.8, 4) is 0 Å². The summed E-state index contributed by atoms with van der Waals surface area (Å²) in [5, 5.41) is 3.48. The van der Waals surface area contributed by atoms with Gasteiger partial charge < -0.3 is 15.1 Å². The number of anilines is 1. The van der Waals surface area contributed by atoms with Gasteiger partial charge in [0.2, 0.25) is 0 Å². The van der Waals surface area contributed by atoms with E-state index in [1.165, 1.54) is 11.3 Å². The number of rotatable bonds is 8. The van der Waals surface area contributed by atoms with Crippen LogP contribution in [0.25, 0.3) is 0 Å². The Labute approximate surface area is 112 Å². The largest absolute Gasteiger partial charge is 0.371 e. The van der Waals surface area contributed by atoms with Crippen LogP contribution >= 0.6 is 0 Å². The zero-order valence-corrected chi connectivity index (χ0v) is 12.2. The molecule has 1 rings (SSSR count). The highest BCUT2D eigenvalue weighted by atomic mass is 15.1. The fourth-order valence-electron chi connectivity index (χ4n) is 1.87. The van der Waals surface area contributed by atoms with Crippen LogP contribution in [0.5, 0.6) is 0 Å². The summed E-state index contributed by atoms with van der Waals surface area (Å²) >= 11 is 0. The Morgan fingerprint density at radius 3 is 2.17 bits per heavy atom. The topological polar surface area (TPSA) is 18.5 Å². The van der Waals surface area contributed by atoms with E-state index in [0.29, 0.717) is 0 Å². The lowest BCUT2D eigenvalue weighted by molar-refractivity contribution is 0.401. The lowest BCUT2D eigenvalue weighted by atomic mass is 10.2. The van der Waals surface area contributed by atoms with Crippen molar-refractivity contribution in [2.45, 2.75) is 13.8 Å². The molecule has 3 heteroatoms. The fraction of sp³-hybridized carbons (Fsp3) is 0.600. The van der Waals surface area contributed by atoms with Crippen molar-refractivity contribution >= 4 is 5.69 Å².